The largest absolute Gasteiger partial charge is 0.478 e. The van der Waals surface area contributed by atoms with Crippen LogP contribution in [0.3, 0.4) is 0 Å². The first-order valence-electron chi connectivity index (χ1n) is 5.34. The Bertz CT molecular complexity index is 741. The molecule has 0 saturated carbocycles. The molecule has 0 radical (unpaired) electrons. The normalized spacial score (nSPS) is 10.9. The molecule has 18 heavy (non-hydrogen) atoms. The van der Waals surface area contributed by atoms with Crippen molar-refractivity contribution in [1.29, 1.82) is 0 Å². The smallest absolute Gasteiger partial charge is 0.335 e. The molecule has 1 N–H and O–H groups in total. The van der Waals surface area contributed by atoms with Crippen LogP contribution in [0.2, 0.25) is 0 Å². The number of aromatic nitrogens is 4. The lowest BCUT2D eigenvalue weighted by atomic mass is 10.2. The van der Waals surface area contributed by atoms with E-state index in [9.17, 15) is 4.79 Å². The van der Waals surface area contributed by atoms with Gasteiger partial charge in [-0.05, 0) is 18.2 Å². The standard InChI is InChI=1S/C12H10N4O2/c1-15-6-9(5-14-15)16-7-13-10-3-2-8(12(17)18)4-11(10)16/h2-7H,1H3,(H,17,18). The number of imidazole rings is 1. The lowest BCUT2D eigenvalue weighted by Gasteiger charge is -2.00. The van der Waals surface area contributed by atoms with Crippen molar-refractivity contribution < 1.29 is 9.90 Å². The molecule has 0 aliphatic rings. The van der Waals surface area contributed by atoms with Crippen LogP contribution < -0.4 is 0 Å². The van der Waals surface area contributed by atoms with Crippen LogP contribution in [0, 0.1) is 0 Å². The number of aryl methyl sites for hydroxylation is 1. The van der Waals surface area contributed by atoms with E-state index in [2.05, 4.69) is 10.1 Å². The molecule has 90 valence electrons. The van der Waals surface area contributed by atoms with E-state index in [4.69, 9.17) is 5.11 Å². The van der Waals surface area contributed by atoms with Crippen LogP contribution in [0.5, 0.6) is 0 Å². The monoisotopic (exact) mass is 242 g/mol. The van der Waals surface area contributed by atoms with Crippen molar-refractivity contribution in [3.05, 3.63) is 42.5 Å². The predicted octanol–water partition coefficient (Wildman–Crippen LogP) is 1.46. The number of hydrogen-bond acceptors (Lipinski definition) is 3. The van der Waals surface area contributed by atoms with E-state index in [-0.39, 0.29) is 5.56 Å². The van der Waals surface area contributed by atoms with Gasteiger partial charge in [-0.3, -0.25) is 9.25 Å². The molecule has 2 aromatic heterocycles. The van der Waals surface area contributed by atoms with Crippen LogP contribution in [-0.2, 0) is 7.05 Å². The maximum atomic E-state index is 11.0. The summed E-state index contributed by atoms with van der Waals surface area (Å²) < 4.78 is 3.50. The molecule has 0 aliphatic heterocycles. The molecule has 6 heteroatoms. The quantitative estimate of drug-likeness (QED) is 0.738. The zero-order chi connectivity index (χ0) is 12.7. The highest BCUT2D eigenvalue weighted by molar-refractivity contribution is 5.92. The Hall–Kier alpha value is -2.63. The summed E-state index contributed by atoms with van der Waals surface area (Å²) in [6.45, 7) is 0. The Morgan fingerprint density at radius 1 is 1.39 bits per heavy atom. The van der Waals surface area contributed by atoms with Gasteiger partial charge in [0.15, 0.2) is 0 Å². The molecular weight excluding hydrogens is 232 g/mol. The summed E-state index contributed by atoms with van der Waals surface area (Å²) in [4.78, 5) is 15.2. The average molecular weight is 242 g/mol. The summed E-state index contributed by atoms with van der Waals surface area (Å²) in [5, 5.41) is 13.1. The molecular formula is C12H10N4O2. The molecule has 3 aromatic rings. The Morgan fingerprint density at radius 3 is 2.89 bits per heavy atom. The van der Waals surface area contributed by atoms with Crippen molar-refractivity contribution >= 4 is 17.0 Å². The first kappa shape index (κ1) is 10.5. The van der Waals surface area contributed by atoms with Crippen LogP contribution in [0.1, 0.15) is 10.4 Å². The number of hydrogen-bond donors (Lipinski definition) is 1. The van der Waals surface area contributed by atoms with Gasteiger partial charge in [0.25, 0.3) is 0 Å². The third-order valence-corrected chi connectivity index (χ3v) is 2.76. The SMILES string of the molecule is Cn1cc(-n2cnc3ccc(C(=O)O)cc32)cn1. The van der Waals surface area contributed by atoms with Crippen molar-refractivity contribution in [2.24, 2.45) is 7.05 Å². The highest BCUT2D eigenvalue weighted by Crippen LogP contribution is 2.19. The van der Waals surface area contributed by atoms with E-state index in [1.165, 1.54) is 0 Å². The third kappa shape index (κ3) is 1.55. The maximum absolute atomic E-state index is 11.0. The Morgan fingerprint density at radius 2 is 2.22 bits per heavy atom. The summed E-state index contributed by atoms with van der Waals surface area (Å²) >= 11 is 0. The molecule has 2 heterocycles. The zero-order valence-electron chi connectivity index (χ0n) is 9.61. The molecule has 0 saturated heterocycles. The van der Waals surface area contributed by atoms with Gasteiger partial charge in [-0.25, -0.2) is 9.78 Å². The molecule has 6 nitrogen and oxygen atoms in total. The minimum Gasteiger partial charge on any atom is -0.478 e. The van der Waals surface area contributed by atoms with Gasteiger partial charge in [-0.2, -0.15) is 5.10 Å². The fraction of sp³-hybridized carbons (Fsp3) is 0.0833. The number of carboxylic acids is 1. The van der Waals surface area contributed by atoms with Gasteiger partial charge in [-0.1, -0.05) is 0 Å². The molecule has 0 spiro atoms. The van der Waals surface area contributed by atoms with E-state index < -0.39 is 5.97 Å². The van der Waals surface area contributed by atoms with Crippen LogP contribution in [0.4, 0.5) is 0 Å². The average Bonchev–Trinajstić information content (AvgIpc) is 2.93. The second-order valence-electron chi connectivity index (χ2n) is 4.00. The first-order chi connectivity index (χ1) is 8.65. The van der Waals surface area contributed by atoms with Gasteiger partial charge in [-0.15, -0.1) is 0 Å². The lowest BCUT2D eigenvalue weighted by Crippen LogP contribution is -1.97. The van der Waals surface area contributed by atoms with Crippen molar-refractivity contribution in [2.45, 2.75) is 0 Å². The second kappa shape index (κ2) is 3.69. The van der Waals surface area contributed by atoms with Crippen LogP contribution in [0.25, 0.3) is 16.7 Å². The molecule has 0 aliphatic carbocycles. The number of benzene rings is 1. The molecule has 1 aromatic carbocycles. The van der Waals surface area contributed by atoms with Gasteiger partial charge in [0.1, 0.15) is 6.33 Å². The molecule has 0 bridgehead atoms. The first-order valence-corrected chi connectivity index (χ1v) is 5.34. The molecule has 0 amide bonds. The number of fused-ring (bicyclic) bond motifs is 1. The van der Waals surface area contributed by atoms with Crippen molar-refractivity contribution in [2.75, 3.05) is 0 Å². The van der Waals surface area contributed by atoms with Gasteiger partial charge in [0, 0.05) is 13.2 Å². The van der Waals surface area contributed by atoms with Gasteiger partial charge < -0.3 is 5.11 Å². The Balaban J connectivity index is 2.23. The summed E-state index contributed by atoms with van der Waals surface area (Å²) in [6, 6.07) is 4.86. The molecule has 0 fully saturated rings. The number of carbonyl (C=O) groups is 1. The second-order valence-corrected chi connectivity index (χ2v) is 4.00. The van der Waals surface area contributed by atoms with Crippen molar-refractivity contribution in [3.63, 3.8) is 0 Å². The highest BCUT2D eigenvalue weighted by Gasteiger charge is 2.09. The fourth-order valence-electron chi connectivity index (χ4n) is 1.88. The number of aromatic carboxylic acids is 1. The highest BCUT2D eigenvalue weighted by atomic mass is 16.4. The summed E-state index contributed by atoms with van der Waals surface area (Å²) in [5.74, 6) is -0.948. The Labute approximate surface area is 102 Å². The van der Waals surface area contributed by atoms with Crippen LogP contribution >= 0.6 is 0 Å². The van der Waals surface area contributed by atoms with E-state index in [0.29, 0.717) is 0 Å². The molecule has 3 rings (SSSR count). The summed E-state index contributed by atoms with van der Waals surface area (Å²) in [5.41, 5.74) is 2.60. The minimum absolute atomic E-state index is 0.244. The summed E-state index contributed by atoms with van der Waals surface area (Å²) in [6.07, 6.45) is 5.20. The van der Waals surface area contributed by atoms with Crippen molar-refractivity contribution in [3.8, 4) is 5.69 Å². The minimum atomic E-state index is -0.948. The number of carboxylic acid groups (broad SMARTS) is 1. The Kier molecular flexibility index (Phi) is 2.16. The predicted molar refractivity (Wildman–Crippen MR) is 64.8 cm³/mol. The molecule has 0 atom stereocenters. The topological polar surface area (TPSA) is 72.9 Å². The maximum Gasteiger partial charge on any atom is 0.335 e. The molecule has 0 unspecified atom stereocenters. The van der Waals surface area contributed by atoms with Crippen molar-refractivity contribution in [1.82, 2.24) is 19.3 Å². The summed E-state index contributed by atoms with van der Waals surface area (Å²) in [7, 11) is 1.82. The van der Waals surface area contributed by atoms with Gasteiger partial charge in [0.05, 0.1) is 28.5 Å². The van der Waals surface area contributed by atoms with Gasteiger partial charge in [0.2, 0.25) is 0 Å². The van der Waals surface area contributed by atoms with E-state index in [0.717, 1.165) is 16.7 Å². The number of rotatable bonds is 2. The van der Waals surface area contributed by atoms with E-state index in [1.807, 2.05) is 17.8 Å². The van der Waals surface area contributed by atoms with E-state index >= 15 is 0 Å². The lowest BCUT2D eigenvalue weighted by molar-refractivity contribution is 0.0697. The van der Waals surface area contributed by atoms with E-state index in [1.54, 1.807) is 35.4 Å². The van der Waals surface area contributed by atoms with Gasteiger partial charge >= 0.3 is 5.97 Å². The van der Waals surface area contributed by atoms with Crippen LogP contribution in [-0.4, -0.2) is 30.4 Å². The zero-order valence-corrected chi connectivity index (χ0v) is 9.61. The third-order valence-electron chi connectivity index (χ3n) is 2.76. The fourth-order valence-corrected chi connectivity index (χ4v) is 1.88. The number of nitrogens with zero attached hydrogens (tertiary/aromatic N) is 4. The van der Waals surface area contributed by atoms with Crippen LogP contribution in [0.15, 0.2) is 36.9 Å².